The summed E-state index contributed by atoms with van der Waals surface area (Å²) in [6, 6.07) is 7.70. The van der Waals surface area contributed by atoms with E-state index in [9.17, 15) is 9.59 Å². The number of carbonyl (C=O) groups is 2. The van der Waals surface area contributed by atoms with E-state index in [1.807, 2.05) is 32.9 Å². The van der Waals surface area contributed by atoms with Crippen LogP contribution in [-0.4, -0.2) is 34.0 Å². The summed E-state index contributed by atoms with van der Waals surface area (Å²) < 4.78 is 11.6. The highest BCUT2D eigenvalue weighted by molar-refractivity contribution is 5.92. The average molecular weight is 440 g/mol. The quantitative estimate of drug-likeness (QED) is 0.694. The molecule has 172 valence electrons. The van der Waals surface area contributed by atoms with Crippen molar-refractivity contribution < 1.29 is 19.1 Å². The molecule has 0 fully saturated rings. The van der Waals surface area contributed by atoms with E-state index in [1.54, 1.807) is 11.0 Å². The lowest BCUT2D eigenvalue weighted by atomic mass is 10.0. The van der Waals surface area contributed by atoms with E-state index < -0.39 is 11.5 Å². The number of fused-ring (bicyclic) bond motifs is 2. The van der Waals surface area contributed by atoms with Gasteiger partial charge in [0.05, 0.1) is 5.56 Å². The van der Waals surface area contributed by atoms with Crippen LogP contribution >= 0.6 is 0 Å². The minimum atomic E-state index is -0.544. The predicted octanol–water partition coefficient (Wildman–Crippen LogP) is 4.85. The van der Waals surface area contributed by atoms with Gasteiger partial charge in [-0.15, -0.1) is 0 Å². The molecule has 0 aliphatic carbocycles. The van der Waals surface area contributed by atoms with E-state index in [0.29, 0.717) is 36.9 Å². The Morgan fingerprint density at radius 2 is 1.91 bits per heavy atom. The van der Waals surface area contributed by atoms with E-state index in [2.05, 4.69) is 24.9 Å². The molecular formula is C25H33N3O4. The number of nitrogens with zero attached hydrogens (tertiary/aromatic N) is 2. The molecule has 1 aromatic carbocycles. The fraction of sp³-hybridized carbons (Fsp3) is 0.480. The van der Waals surface area contributed by atoms with Gasteiger partial charge >= 0.3 is 6.09 Å². The van der Waals surface area contributed by atoms with Crippen molar-refractivity contribution in [3.8, 4) is 11.6 Å². The number of carbonyl (C=O) groups excluding carboxylic acids is 2. The zero-order chi connectivity index (χ0) is 23.5. The maximum Gasteiger partial charge on any atom is 0.410 e. The molecule has 0 bridgehead atoms. The van der Waals surface area contributed by atoms with Gasteiger partial charge in [-0.05, 0) is 69.2 Å². The van der Waals surface area contributed by atoms with Gasteiger partial charge in [-0.3, -0.25) is 4.79 Å². The van der Waals surface area contributed by atoms with Crippen molar-refractivity contribution in [3.63, 3.8) is 0 Å². The SMILES string of the molecule is CC(C)CCN(Cc1ccc2c(c1)CCc1cc(C(N)=O)cnc1O2)C(=O)OC(C)(C)C. The second kappa shape index (κ2) is 9.59. The normalized spacial score (nSPS) is 12.9. The van der Waals surface area contributed by atoms with Gasteiger partial charge in [0.1, 0.15) is 11.4 Å². The summed E-state index contributed by atoms with van der Waals surface area (Å²) >= 11 is 0. The first kappa shape index (κ1) is 23.6. The number of nitrogens with two attached hydrogens (primary N) is 1. The van der Waals surface area contributed by atoms with E-state index in [0.717, 1.165) is 35.3 Å². The third-order valence-corrected chi connectivity index (χ3v) is 5.21. The Balaban J connectivity index is 1.79. The lowest BCUT2D eigenvalue weighted by Crippen LogP contribution is -2.37. The maximum absolute atomic E-state index is 12.8. The highest BCUT2D eigenvalue weighted by Gasteiger charge is 2.23. The highest BCUT2D eigenvalue weighted by atomic mass is 16.6. The summed E-state index contributed by atoms with van der Waals surface area (Å²) in [4.78, 5) is 30.3. The minimum Gasteiger partial charge on any atom is -0.444 e. The zero-order valence-corrected chi connectivity index (χ0v) is 19.6. The Bertz CT molecular complexity index is 995. The lowest BCUT2D eigenvalue weighted by Gasteiger charge is -2.28. The summed E-state index contributed by atoms with van der Waals surface area (Å²) in [5.74, 6) is 1.20. The Labute approximate surface area is 189 Å². The van der Waals surface area contributed by atoms with Gasteiger partial charge in [0, 0.05) is 24.8 Å². The van der Waals surface area contributed by atoms with Crippen LogP contribution in [0.4, 0.5) is 4.79 Å². The first-order chi connectivity index (χ1) is 15.0. The first-order valence-electron chi connectivity index (χ1n) is 11.1. The Kier molecular flexibility index (Phi) is 7.06. The van der Waals surface area contributed by atoms with Gasteiger partial charge in [0.2, 0.25) is 11.8 Å². The van der Waals surface area contributed by atoms with Gasteiger partial charge in [-0.2, -0.15) is 0 Å². The molecule has 1 aliphatic heterocycles. The molecule has 32 heavy (non-hydrogen) atoms. The van der Waals surface area contributed by atoms with Crippen molar-refractivity contribution in [1.29, 1.82) is 0 Å². The molecule has 0 saturated carbocycles. The standard InChI is InChI=1S/C25H33N3O4/c1-16(2)10-11-28(24(30)32-25(3,4)5)15-17-6-9-21-18(12-17)7-8-19-13-20(22(26)29)14-27-23(19)31-21/h6,9,12-14,16H,7-8,10-11,15H2,1-5H3,(H2,26,29). The number of primary amides is 1. The van der Waals surface area contributed by atoms with Crippen molar-refractivity contribution in [3.05, 3.63) is 52.7 Å². The van der Waals surface area contributed by atoms with Crippen LogP contribution in [0, 0.1) is 5.92 Å². The summed E-state index contributed by atoms with van der Waals surface area (Å²) in [6.07, 6.45) is 3.45. The Morgan fingerprint density at radius 3 is 2.56 bits per heavy atom. The zero-order valence-electron chi connectivity index (χ0n) is 19.6. The van der Waals surface area contributed by atoms with Crippen LogP contribution < -0.4 is 10.5 Å². The highest BCUT2D eigenvalue weighted by Crippen LogP contribution is 2.33. The topological polar surface area (TPSA) is 94.8 Å². The van der Waals surface area contributed by atoms with Gasteiger partial charge < -0.3 is 20.1 Å². The monoisotopic (exact) mass is 439 g/mol. The van der Waals surface area contributed by atoms with Crippen molar-refractivity contribution >= 4 is 12.0 Å². The number of hydrogen-bond donors (Lipinski definition) is 1. The molecular weight excluding hydrogens is 406 g/mol. The number of aromatic nitrogens is 1. The van der Waals surface area contributed by atoms with E-state index in [4.69, 9.17) is 15.2 Å². The molecule has 0 unspecified atom stereocenters. The summed E-state index contributed by atoms with van der Waals surface area (Å²) in [5, 5.41) is 0. The molecule has 2 N–H and O–H groups in total. The molecule has 0 atom stereocenters. The fourth-order valence-corrected chi connectivity index (χ4v) is 3.50. The molecule has 7 heteroatoms. The van der Waals surface area contributed by atoms with Crippen LogP contribution in [0.25, 0.3) is 0 Å². The third-order valence-electron chi connectivity index (χ3n) is 5.21. The smallest absolute Gasteiger partial charge is 0.410 e. The van der Waals surface area contributed by atoms with E-state index in [-0.39, 0.29) is 6.09 Å². The van der Waals surface area contributed by atoms with Crippen molar-refractivity contribution in [2.75, 3.05) is 6.54 Å². The van der Waals surface area contributed by atoms with Crippen molar-refractivity contribution in [2.24, 2.45) is 11.7 Å². The van der Waals surface area contributed by atoms with Crippen LogP contribution in [0.3, 0.4) is 0 Å². The van der Waals surface area contributed by atoms with Crippen LogP contribution in [0.2, 0.25) is 0 Å². The van der Waals surface area contributed by atoms with Gasteiger partial charge in [-0.1, -0.05) is 26.0 Å². The van der Waals surface area contributed by atoms with Gasteiger partial charge in [0.25, 0.3) is 0 Å². The Hall–Kier alpha value is -3.09. The van der Waals surface area contributed by atoms with Crippen molar-refractivity contribution in [1.82, 2.24) is 9.88 Å². The lowest BCUT2D eigenvalue weighted by molar-refractivity contribution is 0.0225. The van der Waals surface area contributed by atoms with Crippen LogP contribution in [0.1, 0.15) is 68.1 Å². The Morgan fingerprint density at radius 1 is 1.19 bits per heavy atom. The van der Waals surface area contributed by atoms with Crippen LogP contribution in [0.5, 0.6) is 11.6 Å². The number of aryl methyl sites for hydroxylation is 2. The van der Waals surface area contributed by atoms with E-state index in [1.165, 1.54) is 6.20 Å². The number of amides is 2. The van der Waals surface area contributed by atoms with Gasteiger partial charge in [-0.25, -0.2) is 9.78 Å². The summed E-state index contributed by atoms with van der Waals surface area (Å²) in [7, 11) is 0. The molecule has 1 aliphatic rings. The maximum atomic E-state index is 12.8. The minimum absolute atomic E-state index is 0.306. The molecule has 7 nitrogen and oxygen atoms in total. The number of benzene rings is 1. The number of pyridine rings is 1. The summed E-state index contributed by atoms with van der Waals surface area (Å²) in [5.41, 5.74) is 8.11. The molecule has 3 rings (SSSR count). The largest absolute Gasteiger partial charge is 0.444 e. The number of hydrogen-bond acceptors (Lipinski definition) is 5. The molecule has 0 radical (unpaired) electrons. The predicted molar refractivity (Wildman–Crippen MR) is 123 cm³/mol. The fourth-order valence-electron chi connectivity index (χ4n) is 3.50. The first-order valence-corrected chi connectivity index (χ1v) is 11.1. The molecule has 0 spiro atoms. The van der Waals surface area contributed by atoms with E-state index >= 15 is 0 Å². The molecule has 2 aromatic rings. The van der Waals surface area contributed by atoms with Crippen LogP contribution in [-0.2, 0) is 24.1 Å². The number of rotatable bonds is 6. The second-order valence-electron chi connectivity index (χ2n) is 9.68. The average Bonchev–Trinajstić information content (AvgIpc) is 2.87. The molecule has 0 saturated heterocycles. The third kappa shape index (κ3) is 6.22. The van der Waals surface area contributed by atoms with Gasteiger partial charge in [0.15, 0.2) is 0 Å². The molecule has 2 heterocycles. The molecule has 1 aromatic heterocycles. The summed E-state index contributed by atoms with van der Waals surface area (Å²) in [6.45, 7) is 11.0. The molecule has 2 amide bonds. The number of ether oxygens (including phenoxy) is 2. The second-order valence-corrected chi connectivity index (χ2v) is 9.68. The van der Waals surface area contributed by atoms with Crippen LogP contribution in [0.15, 0.2) is 30.5 Å². The van der Waals surface area contributed by atoms with Crippen molar-refractivity contribution in [2.45, 2.75) is 66.0 Å².